The fourth-order valence-corrected chi connectivity index (χ4v) is 3.75. The Kier molecular flexibility index (Phi) is 8.00. The molecule has 4 rings (SSSR count). The van der Waals surface area contributed by atoms with Crippen LogP contribution in [0.15, 0.2) is 28.7 Å². The predicted octanol–water partition coefficient (Wildman–Crippen LogP) is 0.232. The second-order valence-electron chi connectivity index (χ2n) is 7.38. The Morgan fingerprint density at radius 1 is 1.08 bits per heavy atom. The van der Waals surface area contributed by atoms with Gasteiger partial charge in [-0.25, -0.2) is 11.3 Å². The number of furan rings is 1. The third-order valence-corrected chi connectivity index (χ3v) is 5.24. The van der Waals surface area contributed by atoms with Gasteiger partial charge in [-0.3, -0.25) is 23.8 Å². The van der Waals surface area contributed by atoms with Crippen LogP contribution in [-0.4, -0.2) is 4.98 Å². The fourth-order valence-electron chi connectivity index (χ4n) is 2.91. The molecule has 0 aliphatic rings. The van der Waals surface area contributed by atoms with Crippen LogP contribution in [0.2, 0.25) is 0 Å². The molecule has 26 heavy (non-hydrogen) atoms. The van der Waals surface area contributed by atoms with Crippen molar-refractivity contribution in [2.75, 3.05) is 0 Å². The summed E-state index contributed by atoms with van der Waals surface area (Å²) in [4.78, 5) is 4.74. The third kappa shape index (κ3) is 4.65. The maximum Gasteiger partial charge on any atom is 1.00 e. The van der Waals surface area contributed by atoms with Gasteiger partial charge in [0, 0.05) is 5.39 Å². The molecule has 0 bridgehead atoms. The SMILES string of the molecule is Cc1cc(C)c2cc(-c3nc4[c-]c(C(C)(C)C)c[c-]c4s3)oc2c1.[K+].[K+]. The van der Waals surface area contributed by atoms with Crippen molar-refractivity contribution in [3.63, 3.8) is 0 Å². The molecule has 0 unspecified atom stereocenters. The van der Waals surface area contributed by atoms with E-state index in [4.69, 9.17) is 9.40 Å². The van der Waals surface area contributed by atoms with Gasteiger partial charge in [0.05, 0.1) is 0 Å². The maximum absolute atomic E-state index is 6.06. The standard InChI is InChI=1S/C21H19NOS.2K/c1-12-8-13(2)15-11-18(23-17(15)9-12)20-22-16-10-14(21(3,4)5)6-7-19(16)24-20;;/h6,8-9,11H,1-5H3;;/q-2;2*+1. The van der Waals surface area contributed by atoms with Gasteiger partial charge >= 0.3 is 103 Å². The van der Waals surface area contributed by atoms with E-state index < -0.39 is 0 Å². The Morgan fingerprint density at radius 2 is 1.81 bits per heavy atom. The van der Waals surface area contributed by atoms with Gasteiger partial charge in [0.2, 0.25) is 0 Å². The minimum atomic E-state index is 0. The Hall–Kier alpha value is 1.14. The Labute approximate surface area is 244 Å². The van der Waals surface area contributed by atoms with Crippen molar-refractivity contribution in [2.24, 2.45) is 0 Å². The van der Waals surface area contributed by atoms with Gasteiger partial charge in [-0.1, -0.05) is 32.3 Å². The smallest absolute Gasteiger partial charge is 0.454 e. The molecule has 2 heterocycles. The number of benzene rings is 2. The van der Waals surface area contributed by atoms with Crippen LogP contribution in [0.3, 0.4) is 0 Å². The molecule has 4 aromatic rings. The topological polar surface area (TPSA) is 26.0 Å². The molecule has 0 N–H and O–H groups in total. The summed E-state index contributed by atoms with van der Waals surface area (Å²) in [5, 5.41) is 2.04. The molecule has 0 fully saturated rings. The first-order valence-corrected chi connectivity index (χ1v) is 8.89. The quantitative estimate of drug-likeness (QED) is 0.331. The van der Waals surface area contributed by atoms with Crippen LogP contribution in [0.1, 0.15) is 37.5 Å². The summed E-state index contributed by atoms with van der Waals surface area (Å²) in [7, 11) is 0. The van der Waals surface area contributed by atoms with E-state index in [0.717, 1.165) is 37.5 Å². The number of fused-ring (bicyclic) bond motifs is 2. The van der Waals surface area contributed by atoms with Crippen molar-refractivity contribution in [1.29, 1.82) is 0 Å². The van der Waals surface area contributed by atoms with Crippen molar-refractivity contribution in [1.82, 2.24) is 4.98 Å². The first-order valence-electron chi connectivity index (χ1n) is 8.07. The summed E-state index contributed by atoms with van der Waals surface area (Å²) in [6.45, 7) is 10.7. The Morgan fingerprint density at radius 3 is 2.50 bits per heavy atom. The zero-order chi connectivity index (χ0) is 17.1. The molecule has 2 nitrogen and oxygen atoms in total. The molecule has 0 saturated heterocycles. The monoisotopic (exact) mass is 411 g/mol. The van der Waals surface area contributed by atoms with Crippen LogP contribution in [-0.2, 0) is 5.41 Å². The van der Waals surface area contributed by atoms with Crippen LogP contribution < -0.4 is 103 Å². The van der Waals surface area contributed by atoms with Crippen molar-refractivity contribution >= 4 is 32.5 Å². The zero-order valence-electron chi connectivity index (χ0n) is 16.6. The molecule has 2 aromatic carbocycles. The Bertz CT molecular complexity index is 1070. The normalized spacial score (nSPS) is 11.4. The molecular formula is C21H19K2NOS. The minimum absolute atomic E-state index is 0. The van der Waals surface area contributed by atoms with Crippen LogP contribution in [0.5, 0.6) is 0 Å². The fraction of sp³-hybridized carbons (Fsp3) is 0.286. The molecule has 0 aliphatic heterocycles. The minimum Gasteiger partial charge on any atom is -0.454 e. The van der Waals surface area contributed by atoms with Crippen molar-refractivity contribution < 1.29 is 107 Å². The van der Waals surface area contributed by atoms with Crippen molar-refractivity contribution in [3.05, 3.63) is 53.1 Å². The molecular weight excluding hydrogens is 393 g/mol. The molecule has 0 saturated carbocycles. The van der Waals surface area contributed by atoms with Gasteiger partial charge in [-0.05, 0) is 37.1 Å². The molecule has 0 atom stereocenters. The number of hydrogen-bond donors (Lipinski definition) is 0. The van der Waals surface area contributed by atoms with Gasteiger partial charge in [0.15, 0.2) is 5.76 Å². The molecule has 0 spiro atoms. The number of aromatic nitrogens is 1. The first-order chi connectivity index (χ1) is 11.3. The van der Waals surface area contributed by atoms with Gasteiger partial charge in [0.25, 0.3) is 0 Å². The van der Waals surface area contributed by atoms with E-state index in [1.165, 1.54) is 11.1 Å². The van der Waals surface area contributed by atoms with Crippen LogP contribution >= 0.6 is 11.3 Å². The summed E-state index contributed by atoms with van der Waals surface area (Å²) in [5.41, 5.74) is 5.40. The number of nitrogens with zero attached hydrogens (tertiary/aromatic N) is 1. The maximum atomic E-state index is 6.06. The molecule has 0 radical (unpaired) electrons. The average Bonchev–Trinajstić information content (AvgIpc) is 3.08. The van der Waals surface area contributed by atoms with E-state index in [0.29, 0.717) is 0 Å². The molecule has 122 valence electrons. The van der Waals surface area contributed by atoms with E-state index >= 15 is 0 Å². The summed E-state index contributed by atoms with van der Waals surface area (Å²) < 4.78 is 7.08. The summed E-state index contributed by atoms with van der Waals surface area (Å²) in [6.07, 6.45) is 0. The van der Waals surface area contributed by atoms with Crippen molar-refractivity contribution in [3.8, 4) is 10.8 Å². The van der Waals surface area contributed by atoms with Crippen molar-refractivity contribution in [2.45, 2.75) is 40.0 Å². The van der Waals surface area contributed by atoms with Gasteiger partial charge in [-0.15, -0.1) is 5.52 Å². The van der Waals surface area contributed by atoms with E-state index in [9.17, 15) is 0 Å². The molecule has 5 heteroatoms. The molecule has 0 aliphatic carbocycles. The largest absolute Gasteiger partial charge is 1.00 e. The van der Waals surface area contributed by atoms with Crippen LogP contribution in [0.4, 0.5) is 0 Å². The van der Waals surface area contributed by atoms with E-state index in [-0.39, 0.29) is 108 Å². The van der Waals surface area contributed by atoms with E-state index in [1.54, 1.807) is 11.3 Å². The first kappa shape index (κ1) is 23.4. The average molecular weight is 412 g/mol. The number of rotatable bonds is 1. The third-order valence-electron chi connectivity index (χ3n) is 4.24. The van der Waals surface area contributed by atoms with Gasteiger partial charge in [-0.2, -0.15) is 4.70 Å². The van der Waals surface area contributed by atoms with Crippen LogP contribution in [0.25, 0.3) is 32.0 Å². The summed E-state index contributed by atoms with van der Waals surface area (Å²) in [6, 6.07) is 15.2. The second-order valence-corrected chi connectivity index (χ2v) is 8.38. The molecule has 2 aromatic heterocycles. The number of thiazole rings is 1. The molecule has 0 amide bonds. The van der Waals surface area contributed by atoms with E-state index in [1.807, 2.05) is 6.07 Å². The summed E-state index contributed by atoms with van der Waals surface area (Å²) >= 11 is 1.60. The summed E-state index contributed by atoms with van der Waals surface area (Å²) in [5.74, 6) is 0.819. The van der Waals surface area contributed by atoms with Gasteiger partial charge < -0.3 is 9.40 Å². The van der Waals surface area contributed by atoms with Gasteiger partial charge in [0.1, 0.15) is 10.6 Å². The number of hydrogen-bond acceptors (Lipinski definition) is 3. The zero-order valence-corrected chi connectivity index (χ0v) is 23.6. The number of aryl methyl sites for hydroxylation is 2. The van der Waals surface area contributed by atoms with Crippen LogP contribution in [0, 0.1) is 26.0 Å². The predicted molar refractivity (Wildman–Crippen MR) is 101 cm³/mol. The van der Waals surface area contributed by atoms with E-state index in [2.05, 4.69) is 65.0 Å². The Balaban J connectivity index is 0.00000121. The second kappa shape index (κ2) is 8.88.